The van der Waals surface area contributed by atoms with Crippen LogP contribution in [0.2, 0.25) is 0 Å². The van der Waals surface area contributed by atoms with Crippen LogP contribution in [0.3, 0.4) is 0 Å². The Morgan fingerprint density at radius 2 is 2.55 bits per heavy atom. The monoisotopic (exact) mass is 170 g/mol. The Bertz CT molecular complexity index is 220. The molecule has 0 saturated heterocycles. The zero-order chi connectivity index (χ0) is 7.68. The van der Waals surface area contributed by atoms with E-state index in [4.69, 9.17) is 4.74 Å². The fraction of sp³-hybridized carbons (Fsp3) is 0.714. The van der Waals surface area contributed by atoms with Gasteiger partial charge < -0.3 is 4.74 Å². The van der Waals surface area contributed by atoms with Crippen LogP contribution in [0.25, 0.3) is 0 Å². The van der Waals surface area contributed by atoms with Gasteiger partial charge in [0.05, 0.1) is 11.7 Å². The number of hydrogen-bond donors (Lipinski definition) is 0. The first-order chi connectivity index (χ1) is 5.36. The van der Waals surface area contributed by atoms with Gasteiger partial charge in [-0.05, 0) is 25.7 Å². The standard InChI is InChI=1S/C7H10N2OS/c1-5(6-2-3-6)10-7-4-8-11-9-7/h4-6H,2-3H2,1H3. The van der Waals surface area contributed by atoms with Crippen molar-refractivity contribution >= 4 is 11.7 Å². The maximum Gasteiger partial charge on any atom is 0.245 e. The molecule has 1 aliphatic rings. The fourth-order valence-corrected chi connectivity index (χ4v) is 1.42. The lowest BCUT2D eigenvalue weighted by Gasteiger charge is -2.09. The van der Waals surface area contributed by atoms with Gasteiger partial charge in [0.15, 0.2) is 0 Å². The summed E-state index contributed by atoms with van der Waals surface area (Å²) >= 11 is 1.19. The van der Waals surface area contributed by atoms with Crippen LogP contribution in [0, 0.1) is 5.92 Å². The highest BCUT2D eigenvalue weighted by atomic mass is 32.1. The SMILES string of the molecule is CC(Oc1cnsn1)C1CC1. The van der Waals surface area contributed by atoms with Crippen LogP contribution in [0.1, 0.15) is 19.8 Å². The van der Waals surface area contributed by atoms with E-state index in [1.807, 2.05) is 0 Å². The summed E-state index contributed by atoms with van der Waals surface area (Å²) < 4.78 is 13.4. The van der Waals surface area contributed by atoms with E-state index in [0.29, 0.717) is 12.0 Å². The summed E-state index contributed by atoms with van der Waals surface area (Å²) in [6.45, 7) is 2.09. The predicted molar refractivity (Wildman–Crippen MR) is 42.7 cm³/mol. The molecular weight excluding hydrogens is 160 g/mol. The van der Waals surface area contributed by atoms with Crippen molar-refractivity contribution in [3.8, 4) is 5.88 Å². The Morgan fingerprint density at radius 1 is 1.73 bits per heavy atom. The molecule has 0 bridgehead atoms. The van der Waals surface area contributed by atoms with E-state index in [9.17, 15) is 0 Å². The molecule has 0 aromatic carbocycles. The molecule has 4 heteroatoms. The second-order valence-corrected chi connectivity index (χ2v) is 3.46. The number of aromatic nitrogens is 2. The van der Waals surface area contributed by atoms with Crippen molar-refractivity contribution in [3.63, 3.8) is 0 Å². The molecule has 0 N–H and O–H groups in total. The van der Waals surface area contributed by atoms with Gasteiger partial charge in [-0.1, -0.05) is 0 Å². The van der Waals surface area contributed by atoms with E-state index < -0.39 is 0 Å². The molecule has 60 valence electrons. The fourth-order valence-electron chi connectivity index (χ4n) is 1.06. The third-order valence-corrected chi connectivity index (χ3v) is 2.39. The van der Waals surface area contributed by atoms with E-state index in [-0.39, 0.29) is 0 Å². The maximum atomic E-state index is 5.52. The Kier molecular flexibility index (Phi) is 1.77. The minimum absolute atomic E-state index is 0.318. The summed E-state index contributed by atoms with van der Waals surface area (Å²) in [4.78, 5) is 0. The molecular formula is C7H10N2OS. The van der Waals surface area contributed by atoms with Crippen LogP contribution in [-0.2, 0) is 0 Å². The number of ether oxygens (including phenoxy) is 1. The van der Waals surface area contributed by atoms with Crippen molar-refractivity contribution in [3.05, 3.63) is 6.20 Å². The molecule has 1 unspecified atom stereocenters. The van der Waals surface area contributed by atoms with Gasteiger partial charge >= 0.3 is 0 Å². The predicted octanol–water partition coefficient (Wildman–Crippen LogP) is 1.72. The van der Waals surface area contributed by atoms with Crippen LogP contribution < -0.4 is 4.74 Å². The highest BCUT2D eigenvalue weighted by molar-refractivity contribution is 6.99. The van der Waals surface area contributed by atoms with E-state index in [0.717, 1.165) is 5.92 Å². The molecule has 2 rings (SSSR count). The molecule has 11 heavy (non-hydrogen) atoms. The number of hydrogen-bond acceptors (Lipinski definition) is 4. The van der Waals surface area contributed by atoms with Gasteiger partial charge in [-0.15, -0.1) is 4.37 Å². The third-order valence-electron chi connectivity index (χ3n) is 1.93. The average molecular weight is 170 g/mol. The van der Waals surface area contributed by atoms with Gasteiger partial charge in [-0.2, -0.15) is 4.37 Å². The van der Waals surface area contributed by atoms with Gasteiger partial charge in [-0.25, -0.2) is 0 Å². The van der Waals surface area contributed by atoms with Crippen molar-refractivity contribution in [2.75, 3.05) is 0 Å². The van der Waals surface area contributed by atoms with Crippen LogP contribution in [-0.4, -0.2) is 14.9 Å². The highest BCUT2D eigenvalue weighted by Gasteiger charge is 2.29. The van der Waals surface area contributed by atoms with Crippen LogP contribution >= 0.6 is 11.7 Å². The molecule has 1 aliphatic carbocycles. The van der Waals surface area contributed by atoms with E-state index in [2.05, 4.69) is 15.7 Å². The minimum atomic E-state index is 0.318. The zero-order valence-electron chi connectivity index (χ0n) is 6.36. The second-order valence-electron chi connectivity index (χ2n) is 2.91. The first-order valence-corrected chi connectivity index (χ1v) is 4.53. The Morgan fingerprint density at radius 3 is 3.09 bits per heavy atom. The summed E-state index contributed by atoms with van der Waals surface area (Å²) in [5.74, 6) is 1.44. The lowest BCUT2D eigenvalue weighted by Crippen LogP contribution is -2.13. The van der Waals surface area contributed by atoms with Gasteiger partial charge in [0, 0.05) is 0 Å². The summed E-state index contributed by atoms with van der Waals surface area (Å²) in [7, 11) is 0. The topological polar surface area (TPSA) is 35.0 Å². The molecule has 0 radical (unpaired) electrons. The van der Waals surface area contributed by atoms with Gasteiger partial charge in [0.1, 0.15) is 12.3 Å². The molecule has 1 saturated carbocycles. The highest BCUT2D eigenvalue weighted by Crippen LogP contribution is 2.34. The lowest BCUT2D eigenvalue weighted by molar-refractivity contribution is 0.191. The Labute approximate surface area is 69.7 Å². The van der Waals surface area contributed by atoms with E-state index >= 15 is 0 Å². The Balaban J connectivity index is 1.89. The van der Waals surface area contributed by atoms with Crippen molar-refractivity contribution in [1.29, 1.82) is 0 Å². The van der Waals surface area contributed by atoms with Crippen LogP contribution in [0.15, 0.2) is 6.20 Å². The molecule has 1 aromatic heterocycles. The first-order valence-electron chi connectivity index (χ1n) is 3.80. The van der Waals surface area contributed by atoms with Gasteiger partial charge in [0.2, 0.25) is 5.88 Å². The minimum Gasteiger partial charge on any atom is -0.473 e. The summed E-state index contributed by atoms with van der Waals surface area (Å²) in [6.07, 6.45) is 4.60. The number of rotatable bonds is 3. The van der Waals surface area contributed by atoms with E-state index in [1.54, 1.807) is 6.20 Å². The second kappa shape index (κ2) is 2.77. The third kappa shape index (κ3) is 1.68. The van der Waals surface area contributed by atoms with Crippen molar-refractivity contribution in [2.45, 2.75) is 25.9 Å². The summed E-state index contributed by atoms with van der Waals surface area (Å²) in [5, 5.41) is 0. The summed E-state index contributed by atoms with van der Waals surface area (Å²) in [5.41, 5.74) is 0. The normalized spacial score (nSPS) is 19.7. The molecule has 3 nitrogen and oxygen atoms in total. The molecule has 1 heterocycles. The molecule has 0 aliphatic heterocycles. The zero-order valence-corrected chi connectivity index (χ0v) is 7.17. The molecule has 0 amide bonds. The first kappa shape index (κ1) is 7.03. The van der Waals surface area contributed by atoms with Crippen LogP contribution in [0.5, 0.6) is 5.88 Å². The largest absolute Gasteiger partial charge is 0.473 e. The molecule has 1 atom stereocenters. The van der Waals surface area contributed by atoms with Crippen molar-refractivity contribution in [2.24, 2.45) is 5.92 Å². The van der Waals surface area contributed by atoms with E-state index in [1.165, 1.54) is 24.6 Å². The van der Waals surface area contributed by atoms with Crippen molar-refractivity contribution < 1.29 is 4.74 Å². The molecule has 1 fully saturated rings. The van der Waals surface area contributed by atoms with Crippen LogP contribution in [0.4, 0.5) is 0 Å². The smallest absolute Gasteiger partial charge is 0.245 e. The Hall–Kier alpha value is -0.640. The molecule has 1 aromatic rings. The van der Waals surface area contributed by atoms with Crippen molar-refractivity contribution in [1.82, 2.24) is 8.75 Å². The molecule has 0 spiro atoms. The van der Waals surface area contributed by atoms with Gasteiger partial charge in [-0.3, -0.25) is 0 Å². The quantitative estimate of drug-likeness (QED) is 0.692. The summed E-state index contributed by atoms with van der Waals surface area (Å²) in [6, 6.07) is 0. The van der Waals surface area contributed by atoms with Gasteiger partial charge in [0.25, 0.3) is 0 Å². The average Bonchev–Trinajstić information content (AvgIpc) is 2.73. The lowest BCUT2D eigenvalue weighted by atomic mass is 10.3. The maximum absolute atomic E-state index is 5.52. The number of nitrogens with zero attached hydrogens (tertiary/aromatic N) is 2.